The molecule has 2 N–H and O–H groups in total. The number of allylic oxidation sites excluding steroid dienone is 6. The van der Waals surface area contributed by atoms with E-state index in [0.717, 1.165) is 6.42 Å². The van der Waals surface area contributed by atoms with Crippen LogP contribution in [0, 0.1) is 0 Å². The van der Waals surface area contributed by atoms with Crippen molar-refractivity contribution in [1.82, 2.24) is 0 Å². The van der Waals surface area contributed by atoms with Crippen molar-refractivity contribution in [2.75, 3.05) is 0 Å². The van der Waals surface area contributed by atoms with E-state index in [1.807, 2.05) is 18.2 Å². The average molecular weight is 250 g/mol. The Morgan fingerprint density at radius 3 is 2.28 bits per heavy atom. The van der Waals surface area contributed by atoms with Crippen LogP contribution in [-0.4, -0.2) is 10.2 Å². The van der Waals surface area contributed by atoms with Crippen LogP contribution < -0.4 is 0 Å². The third kappa shape index (κ3) is 12.6. The first kappa shape index (κ1) is 16.6. The van der Waals surface area contributed by atoms with Gasteiger partial charge in [0.2, 0.25) is 0 Å². The molecule has 0 fully saturated rings. The summed E-state index contributed by atoms with van der Waals surface area (Å²) in [6.07, 6.45) is 20.8. The lowest BCUT2D eigenvalue weighted by atomic mass is 10.1. The SMILES string of the molecule is CCCCCCCCC=CC=CC=CC(O)=CO. The molecule has 2 heteroatoms. The van der Waals surface area contributed by atoms with Crippen molar-refractivity contribution in [3.63, 3.8) is 0 Å². The van der Waals surface area contributed by atoms with E-state index in [-0.39, 0.29) is 5.76 Å². The fourth-order valence-corrected chi connectivity index (χ4v) is 1.54. The van der Waals surface area contributed by atoms with Crippen LogP contribution in [0.1, 0.15) is 51.9 Å². The molecule has 0 aliphatic carbocycles. The third-order valence-electron chi connectivity index (χ3n) is 2.59. The molecule has 0 rings (SSSR count). The van der Waals surface area contributed by atoms with Gasteiger partial charge in [0.05, 0.1) is 0 Å². The Morgan fingerprint density at radius 2 is 1.56 bits per heavy atom. The lowest BCUT2D eigenvalue weighted by Crippen LogP contribution is -1.77. The molecule has 102 valence electrons. The summed E-state index contributed by atoms with van der Waals surface area (Å²) in [7, 11) is 0. The standard InChI is InChI=1S/C16H26O2/c1-2-3-4-5-6-7-8-9-10-11-12-13-14-16(18)15-17/h9-15,17-18H,2-8H2,1H3. The maximum atomic E-state index is 8.89. The minimum Gasteiger partial charge on any atom is -0.512 e. The summed E-state index contributed by atoms with van der Waals surface area (Å²) in [5.41, 5.74) is 0. The molecule has 0 amide bonds. The van der Waals surface area contributed by atoms with Crippen LogP contribution in [0.3, 0.4) is 0 Å². The molecule has 0 saturated carbocycles. The first-order chi connectivity index (χ1) is 8.81. The van der Waals surface area contributed by atoms with E-state index < -0.39 is 0 Å². The smallest absolute Gasteiger partial charge is 0.149 e. The van der Waals surface area contributed by atoms with Gasteiger partial charge in [-0.15, -0.1) is 0 Å². The average Bonchev–Trinajstić information content (AvgIpc) is 2.39. The first-order valence-corrected chi connectivity index (χ1v) is 6.84. The minimum atomic E-state index is -0.143. The van der Waals surface area contributed by atoms with Gasteiger partial charge in [-0.3, -0.25) is 0 Å². The summed E-state index contributed by atoms with van der Waals surface area (Å²) < 4.78 is 0. The van der Waals surface area contributed by atoms with Crippen molar-refractivity contribution in [2.24, 2.45) is 0 Å². The summed E-state index contributed by atoms with van der Waals surface area (Å²) >= 11 is 0. The highest BCUT2D eigenvalue weighted by Gasteiger charge is 1.87. The van der Waals surface area contributed by atoms with Crippen molar-refractivity contribution in [2.45, 2.75) is 51.9 Å². The van der Waals surface area contributed by atoms with Crippen LogP contribution in [-0.2, 0) is 0 Å². The van der Waals surface area contributed by atoms with Crippen LogP contribution in [0.5, 0.6) is 0 Å². The van der Waals surface area contributed by atoms with Gasteiger partial charge in [-0.25, -0.2) is 0 Å². The van der Waals surface area contributed by atoms with E-state index in [4.69, 9.17) is 10.2 Å². The van der Waals surface area contributed by atoms with Gasteiger partial charge in [0, 0.05) is 0 Å². The molecule has 0 heterocycles. The highest BCUT2D eigenvalue weighted by Crippen LogP contribution is 2.07. The Balaban J connectivity index is 3.43. The predicted octanol–water partition coefficient (Wildman–Crippen LogP) is 5.36. The Morgan fingerprint density at radius 1 is 0.889 bits per heavy atom. The van der Waals surface area contributed by atoms with Crippen LogP contribution in [0.2, 0.25) is 0 Å². The molecule has 0 aliphatic rings. The van der Waals surface area contributed by atoms with Gasteiger partial charge in [-0.2, -0.15) is 0 Å². The fourth-order valence-electron chi connectivity index (χ4n) is 1.54. The van der Waals surface area contributed by atoms with E-state index in [1.54, 1.807) is 6.08 Å². The largest absolute Gasteiger partial charge is 0.512 e. The Bertz CT molecular complexity index is 285. The summed E-state index contributed by atoms with van der Waals surface area (Å²) in [5.74, 6) is -0.143. The zero-order valence-corrected chi connectivity index (χ0v) is 11.4. The summed E-state index contributed by atoms with van der Waals surface area (Å²) in [6.45, 7) is 2.24. The van der Waals surface area contributed by atoms with Gasteiger partial charge in [0.1, 0.15) is 12.0 Å². The maximum absolute atomic E-state index is 8.89. The highest BCUT2D eigenvalue weighted by atomic mass is 16.3. The van der Waals surface area contributed by atoms with Gasteiger partial charge in [0.25, 0.3) is 0 Å². The van der Waals surface area contributed by atoms with Crippen molar-refractivity contribution < 1.29 is 10.2 Å². The summed E-state index contributed by atoms with van der Waals surface area (Å²) in [6, 6.07) is 0. The first-order valence-electron chi connectivity index (χ1n) is 6.84. The Hall–Kier alpha value is -1.44. The van der Waals surface area contributed by atoms with Crippen molar-refractivity contribution in [1.29, 1.82) is 0 Å². The van der Waals surface area contributed by atoms with Gasteiger partial charge in [0.15, 0.2) is 0 Å². The molecular weight excluding hydrogens is 224 g/mol. The van der Waals surface area contributed by atoms with Crippen LogP contribution in [0.25, 0.3) is 0 Å². The fraction of sp³-hybridized carbons (Fsp3) is 0.500. The number of rotatable bonds is 10. The predicted molar refractivity (Wildman–Crippen MR) is 78.8 cm³/mol. The molecule has 0 atom stereocenters. The molecule has 0 spiro atoms. The molecule has 0 saturated heterocycles. The number of aliphatic hydroxyl groups is 2. The molecule has 0 aliphatic heterocycles. The van der Waals surface area contributed by atoms with Crippen LogP contribution >= 0.6 is 0 Å². The number of hydrogen-bond acceptors (Lipinski definition) is 2. The topological polar surface area (TPSA) is 40.5 Å². The normalized spacial score (nSPS) is 13.3. The van der Waals surface area contributed by atoms with Crippen molar-refractivity contribution in [3.8, 4) is 0 Å². The zero-order valence-electron chi connectivity index (χ0n) is 11.4. The molecule has 0 unspecified atom stereocenters. The molecule has 0 aromatic rings. The van der Waals surface area contributed by atoms with E-state index in [9.17, 15) is 0 Å². The Kier molecular flexibility index (Phi) is 12.5. The molecule has 18 heavy (non-hydrogen) atoms. The van der Waals surface area contributed by atoms with Crippen LogP contribution in [0.15, 0.2) is 48.5 Å². The lowest BCUT2D eigenvalue weighted by Gasteiger charge is -1.97. The second kappa shape index (κ2) is 13.6. The summed E-state index contributed by atoms with van der Waals surface area (Å²) in [5, 5.41) is 17.3. The van der Waals surface area contributed by atoms with E-state index in [1.165, 1.54) is 44.6 Å². The Labute approximate surface area is 111 Å². The molecule has 0 aromatic carbocycles. The van der Waals surface area contributed by atoms with Gasteiger partial charge < -0.3 is 10.2 Å². The van der Waals surface area contributed by atoms with E-state index >= 15 is 0 Å². The second-order valence-corrected chi connectivity index (χ2v) is 4.28. The lowest BCUT2D eigenvalue weighted by molar-refractivity contribution is 0.377. The number of hydrogen-bond donors (Lipinski definition) is 2. The molecule has 0 aromatic heterocycles. The van der Waals surface area contributed by atoms with Gasteiger partial charge >= 0.3 is 0 Å². The van der Waals surface area contributed by atoms with Crippen molar-refractivity contribution in [3.05, 3.63) is 48.5 Å². The third-order valence-corrected chi connectivity index (χ3v) is 2.59. The van der Waals surface area contributed by atoms with Gasteiger partial charge in [-0.05, 0) is 18.9 Å². The van der Waals surface area contributed by atoms with E-state index in [2.05, 4.69) is 13.0 Å². The number of unbranched alkanes of at least 4 members (excludes halogenated alkanes) is 6. The maximum Gasteiger partial charge on any atom is 0.149 e. The molecule has 2 nitrogen and oxygen atoms in total. The second-order valence-electron chi connectivity index (χ2n) is 4.28. The monoisotopic (exact) mass is 250 g/mol. The molecular formula is C16H26O2. The quantitative estimate of drug-likeness (QED) is 0.311. The number of aliphatic hydroxyl groups excluding tert-OH is 2. The molecule has 0 bridgehead atoms. The summed E-state index contributed by atoms with van der Waals surface area (Å²) in [4.78, 5) is 0. The van der Waals surface area contributed by atoms with E-state index in [0.29, 0.717) is 6.26 Å². The van der Waals surface area contributed by atoms with Gasteiger partial charge in [-0.1, -0.05) is 69.4 Å². The minimum absolute atomic E-state index is 0.143. The highest BCUT2D eigenvalue weighted by molar-refractivity contribution is 5.17. The molecule has 0 radical (unpaired) electrons. The van der Waals surface area contributed by atoms with Crippen LogP contribution in [0.4, 0.5) is 0 Å². The zero-order chi connectivity index (χ0) is 13.5. The van der Waals surface area contributed by atoms with Crippen molar-refractivity contribution >= 4 is 0 Å².